The molecule has 0 radical (unpaired) electrons. The van der Waals surface area contributed by atoms with Gasteiger partial charge >= 0.3 is 0 Å². The van der Waals surface area contributed by atoms with Crippen molar-refractivity contribution in [1.82, 2.24) is 4.98 Å². The summed E-state index contributed by atoms with van der Waals surface area (Å²) >= 11 is 9.14. The lowest BCUT2D eigenvalue weighted by atomic mass is 10.3. The summed E-state index contributed by atoms with van der Waals surface area (Å²) in [7, 11) is 0. The Morgan fingerprint density at radius 2 is 2.27 bits per heavy atom. The Hall–Kier alpha value is -0.540. The molecule has 0 saturated heterocycles. The topological polar surface area (TPSA) is 26.0 Å². The molecular weight excluding hydrogens is 229 g/mol. The number of fused-ring (bicyclic) bond motifs is 1. The highest BCUT2D eigenvalue weighted by Crippen LogP contribution is 2.26. The van der Waals surface area contributed by atoms with Gasteiger partial charge in [-0.2, -0.15) is 0 Å². The summed E-state index contributed by atoms with van der Waals surface area (Å²) < 4.78 is 5.95. The summed E-state index contributed by atoms with van der Waals surface area (Å²) in [6, 6.07) is 3.62. The summed E-state index contributed by atoms with van der Waals surface area (Å²) in [4.78, 5) is 3.96. The summed E-state index contributed by atoms with van der Waals surface area (Å²) in [6.45, 7) is 0. The Labute approximate surface area is 76.3 Å². The van der Waals surface area contributed by atoms with Crippen LogP contribution >= 0.6 is 27.5 Å². The van der Waals surface area contributed by atoms with Crippen molar-refractivity contribution in [2.45, 2.75) is 0 Å². The van der Waals surface area contributed by atoms with Crippen LogP contribution in [0.15, 0.2) is 27.4 Å². The van der Waals surface area contributed by atoms with E-state index in [1.165, 1.54) is 6.39 Å². The molecule has 1 aromatic heterocycles. The van der Waals surface area contributed by atoms with Crippen molar-refractivity contribution in [3.05, 3.63) is 28.0 Å². The second kappa shape index (κ2) is 2.50. The third-order valence-electron chi connectivity index (χ3n) is 1.35. The van der Waals surface area contributed by atoms with Crippen LogP contribution in [-0.4, -0.2) is 4.98 Å². The van der Waals surface area contributed by atoms with Crippen molar-refractivity contribution in [3.63, 3.8) is 0 Å². The van der Waals surface area contributed by atoms with E-state index in [1.807, 2.05) is 6.07 Å². The molecule has 0 aliphatic heterocycles. The highest BCUT2D eigenvalue weighted by Gasteiger charge is 2.03. The lowest BCUT2D eigenvalue weighted by Crippen LogP contribution is -1.70. The van der Waals surface area contributed by atoms with Gasteiger partial charge in [0.1, 0.15) is 5.52 Å². The van der Waals surface area contributed by atoms with Crippen LogP contribution in [0, 0.1) is 0 Å². The standard InChI is InChI=1S/C7H3BrClNO/c8-4-1-5(9)7-6(2-4)10-3-11-7/h1-3H. The zero-order valence-corrected chi connectivity index (χ0v) is 7.69. The van der Waals surface area contributed by atoms with Gasteiger partial charge in [-0.05, 0) is 12.1 Å². The maximum absolute atomic E-state index is 5.84. The first-order valence-electron chi connectivity index (χ1n) is 2.95. The van der Waals surface area contributed by atoms with Crippen molar-refractivity contribution in [2.75, 3.05) is 0 Å². The predicted molar refractivity (Wildman–Crippen MR) is 46.7 cm³/mol. The monoisotopic (exact) mass is 231 g/mol. The van der Waals surface area contributed by atoms with Gasteiger partial charge in [0.2, 0.25) is 0 Å². The molecule has 11 heavy (non-hydrogen) atoms. The Balaban J connectivity index is 2.91. The van der Waals surface area contributed by atoms with E-state index in [4.69, 9.17) is 16.0 Å². The fraction of sp³-hybridized carbons (Fsp3) is 0. The van der Waals surface area contributed by atoms with Crippen molar-refractivity contribution in [1.29, 1.82) is 0 Å². The van der Waals surface area contributed by atoms with Crippen LogP contribution in [0.3, 0.4) is 0 Å². The summed E-state index contributed by atoms with van der Waals surface area (Å²) in [5.74, 6) is 0. The summed E-state index contributed by atoms with van der Waals surface area (Å²) in [5, 5.41) is 0.576. The van der Waals surface area contributed by atoms with Crippen LogP contribution in [0.4, 0.5) is 0 Å². The molecule has 0 spiro atoms. The molecule has 0 aliphatic carbocycles. The largest absolute Gasteiger partial charge is 0.442 e. The summed E-state index contributed by atoms with van der Waals surface area (Å²) in [5.41, 5.74) is 1.40. The molecule has 1 aromatic carbocycles. The molecule has 4 heteroatoms. The fourth-order valence-electron chi connectivity index (χ4n) is 0.895. The van der Waals surface area contributed by atoms with E-state index in [0.29, 0.717) is 10.6 Å². The number of benzene rings is 1. The predicted octanol–water partition coefficient (Wildman–Crippen LogP) is 3.24. The summed E-state index contributed by atoms with van der Waals surface area (Å²) in [6.07, 6.45) is 1.38. The van der Waals surface area contributed by atoms with Crippen molar-refractivity contribution < 1.29 is 4.42 Å². The minimum atomic E-state index is 0.576. The van der Waals surface area contributed by atoms with Gasteiger partial charge in [-0.1, -0.05) is 27.5 Å². The van der Waals surface area contributed by atoms with Crippen LogP contribution in [-0.2, 0) is 0 Å². The van der Waals surface area contributed by atoms with Gasteiger partial charge in [-0.25, -0.2) is 4.98 Å². The van der Waals surface area contributed by atoms with Gasteiger partial charge in [0, 0.05) is 4.47 Å². The van der Waals surface area contributed by atoms with Gasteiger partial charge in [0.25, 0.3) is 0 Å². The maximum atomic E-state index is 5.84. The van der Waals surface area contributed by atoms with Gasteiger partial charge in [0.15, 0.2) is 12.0 Å². The average Bonchev–Trinajstić information content (AvgIpc) is 2.34. The minimum absolute atomic E-state index is 0.576. The Bertz CT molecular complexity index is 398. The molecule has 0 aliphatic rings. The molecule has 0 saturated carbocycles. The number of hydrogen-bond donors (Lipinski definition) is 0. The molecule has 56 valence electrons. The van der Waals surface area contributed by atoms with Gasteiger partial charge in [-0.15, -0.1) is 0 Å². The molecule has 0 bridgehead atoms. The number of hydrogen-bond acceptors (Lipinski definition) is 2. The molecule has 0 atom stereocenters. The molecule has 0 fully saturated rings. The molecular formula is C7H3BrClNO. The number of oxazole rings is 1. The highest BCUT2D eigenvalue weighted by atomic mass is 79.9. The normalized spacial score (nSPS) is 10.7. The number of nitrogens with zero attached hydrogens (tertiary/aromatic N) is 1. The smallest absolute Gasteiger partial charge is 0.182 e. The molecule has 2 rings (SSSR count). The van der Waals surface area contributed by atoms with Crippen LogP contribution in [0.1, 0.15) is 0 Å². The third kappa shape index (κ3) is 1.14. The molecule has 2 nitrogen and oxygen atoms in total. The second-order valence-electron chi connectivity index (χ2n) is 2.09. The van der Waals surface area contributed by atoms with Gasteiger partial charge < -0.3 is 4.42 Å². The van der Waals surface area contributed by atoms with Crippen LogP contribution in [0.25, 0.3) is 11.1 Å². The lowest BCUT2D eigenvalue weighted by molar-refractivity contribution is 0.602. The zero-order chi connectivity index (χ0) is 7.84. The molecule has 0 unspecified atom stereocenters. The maximum Gasteiger partial charge on any atom is 0.182 e. The van der Waals surface area contributed by atoms with Crippen molar-refractivity contribution >= 4 is 38.6 Å². The Morgan fingerprint density at radius 1 is 1.45 bits per heavy atom. The first kappa shape index (κ1) is 7.13. The Kier molecular flexibility index (Phi) is 1.62. The van der Waals surface area contributed by atoms with E-state index in [-0.39, 0.29) is 0 Å². The van der Waals surface area contributed by atoms with Crippen LogP contribution < -0.4 is 0 Å². The minimum Gasteiger partial charge on any atom is -0.442 e. The number of aromatic nitrogens is 1. The van der Waals surface area contributed by atoms with Crippen molar-refractivity contribution in [3.8, 4) is 0 Å². The van der Waals surface area contributed by atoms with E-state index in [1.54, 1.807) is 6.07 Å². The second-order valence-corrected chi connectivity index (χ2v) is 3.41. The van der Waals surface area contributed by atoms with Crippen LogP contribution in [0.2, 0.25) is 5.02 Å². The van der Waals surface area contributed by atoms with Gasteiger partial charge in [-0.3, -0.25) is 0 Å². The quantitative estimate of drug-likeness (QED) is 0.697. The van der Waals surface area contributed by atoms with E-state index in [2.05, 4.69) is 20.9 Å². The van der Waals surface area contributed by atoms with E-state index >= 15 is 0 Å². The van der Waals surface area contributed by atoms with Gasteiger partial charge in [0.05, 0.1) is 5.02 Å². The lowest BCUT2D eigenvalue weighted by Gasteiger charge is -1.91. The number of halogens is 2. The zero-order valence-electron chi connectivity index (χ0n) is 5.34. The average molecular weight is 232 g/mol. The molecule has 0 amide bonds. The first-order chi connectivity index (χ1) is 5.27. The van der Waals surface area contributed by atoms with Crippen molar-refractivity contribution in [2.24, 2.45) is 0 Å². The molecule has 1 heterocycles. The molecule has 0 N–H and O–H groups in total. The van der Waals surface area contributed by atoms with E-state index in [9.17, 15) is 0 Å². The van der Waals surface area contributed by atoms with E-state index in [0.717, 1.165) is 9.99 Å². The SMILES string of the molecule is Clc1cc(Br)cc2ncoc12. The Morgan fingerprint density at radius 3 is 3.09 bits per heavy atom. The number of rotatable bonds is 0. The highest BCUT2D eigenvalue weighted by molar-refractivity contribution is 9.10. The third-order valence-corrected chi connectivity index (χ3v) is 2.09. The first-order valence-corrected chi connectivity index (χ1v) is 4.13. The fourth-order valence-corrected chi connectivity index (χ4v) is 1.73. The van der Waals surface area contributed by atoms with E-state index < -0.39 is 0 Å². The van der Waals surface area contributed by atoms with Crippen LogP contribution in [0.5, 0.6) is 0 Å². The molecule has 2 aromatic rings.